The highest BCUT2D eigenvalue weighted by molar-refractivity contribution is 5.76. The van der Waals surface area contributed by atoms with Gasteiger partial charge in [-0.3, -0.25) is 4.79 Å². The summed E-state index contributed by atoms with van der Waals surface area (Å²) in [7, 11) is 0. The van der Waals surface area contributed by atoms with Gasteiger partial charge in [-0.05, 0) is 12.8 Å². The number of amides is 1. The first-order valence-corrected chi connectivity index (χ1v) is 5.18. The Kier molecular flexibility index (Phi) is 7.42. The summed E-state index contributed by atoms with van der Waals surface area (Å²) in [4.78, 5) is 11.2. The van der Waals surface area contributed by atoms with E-state index in [4.69, 9.17) is 5.11 Å². The standard InChI is InChI=1S/C10H22N2O2/c1-8(2)6-12-10(14)4-5-11-7-9(3)13/h8-9,11,13H,4-7H2,1-3H3,(H,12,14)/t9-/m1/s1. The molecule has 4 nitrogen and oxygen atoms in total. The van der Waals surface area contributed by atoms with Gasteiger partial charge in [0.25, 0.3) is 0 Å². The number of carbonyl (C=O) groups is 1. The van der Waals surface area contributed by atoms with Crippen molar-refractivity contribution in [3.63, 3.8) is 0 Å². The summed E-state index contributed by atoms with van der Waals surface area (Å²) in [5, 5.41) is 14.8. The zero-order valence-corrected chi connectivity index (χ0v) is 9.34. The van der Waals surface area contributed by atoms with Gasteiger partial charge in [0.1, 0.15) is 0 Å². The first kappa shape index (κ1) is 13.4. The maximum Gasteiger partial charge on any atom is 0.221 e. The molecule has 0 heterocycles. The van der Waals surface area contributed by atoms with Crippen LogP contribution in [0.2, 0.25) is 0 Å². The highest BCUT2D eigenvalue weighted by Gasteiger charge is 2.01. The number of hydrogen-bond donors (Lipinski definition) is 3. The van der Waals surface area contributed by atoms with Crippen molar-refractivity contribution in [2.45, 2.75) is 33.3 Å². The molecule has 0 aliphatic carbocycles. The molecule has 3 N–H and O–H groups in total. The number of aliphatic hydroxyl groups is 1. The molecule has 0 radical (unpaired) electrons. The molecule has 0 aromatic heterocycles. The molecule has 0 fully saturated rings. The summed E-state index contributed by atoms with van der Waals surface area (Å²) in [5.74, 6) is 0.557. The van der Waals surface area contributed by atoms with Crippen LogP contribution in [0, 0.1) is 5.92 Å². The molecular weight excluding hydrogens is 180 g/mol. The van der Waals surface area contributed by atoms with Crippen molar-refractivity contribution in [1.29, 1.82) is 0 Å². The van der Waals surface area contributed by atoms with Gasteiger partial charge >= 0.3 is 0 Å². The summed E-state index contributed by atoms with van der Waals surface area (Å²) in [6.07, 6.45) is 0.119. The average molecular weight is 202 g/mol. The number of hydrogen-bond acceptors (Lipinski definition) is 3. The molecule has 0 saturated heterocycles. The predicted octanol–water partition coefficient (Wildman–Crippen LogP) is 0.119. The Morgan fingerprint density at radius 2 is 1.93 bits per heavy atom. The van der Waals surface area contributed by atoms with E-state index in [-0.39, 0.29) is 12.0 Å². The van der Waals surface area contributed by atoms with E-state index in [0.717, 1.165) is 6.54 Å². The fourth-order valence-corrected chi connectivity index (χ4v) is 0.919. The number of aliphatic hydroxyl groups excluding tert-OH is 1. The van der Waals surface area contributed by atoms with Crippen LogP contribution >= 0.6 is 0 Å². The Morgan fingerprint density at radius 3 is 2.43 bits per heavy atom. The molecule has 0 unspecified atom stereocenters. The molecule has 0 bridgehead atoms. The van der Waals surface area contributed by atoms with Gasteiger partial charge in [-0.25, -0.2) is 0 Å². The molecule has 0 spiro atoms. The van der Waals surface area contributed by atoms with Gasteiger partial charge < -0.3 is 15.7 Å². The Labute approximate surface area is 86.1 Å². The highest BCUT2D eigenvalue weighted by atomic mass is 16.3. The molecule has 0 aromatic rings. The lowest BCUT2D eigenvalue weighted by molar-refractivity contribution is -0.121. The van der Waals surface area contributed by atoms with Crippen LogP contribution in [0.3, 0.4) is 0 Å². The van der Waals surface area contributed by atoms with Crippen LogP contribution < -0.4 is 10.6 Å². The van der Waals surface area contributed by atoms with Crippen LogP contribution in [0.5, 0.6) is 0 Å². The van der Waals surface area contributed by atoms with Crippen LogP contribution in [-0.4, -0.2) is 36.8 Å². The minimum Gasteiger partial charge on any atom is -0.392 e. The molecule has 1 atom stereocenters. The van der Waals surface area contributed by atoms with Crippen molar-refractivity contribution >= 4 is 5.91 Å². The first-order valence-electron chi connectivity index (χ1n) is 5.18. The fourth-order valence-electron chi connectivity index (χ4n) is 0.919. The van der Waals surface area contributed by atoms with Gasteiger partial charge in [0, 0.05) is 26.1 Å². The molecule has 14 heavy (non-hydrogen) atoms. The Morgan fingerprint density at radius 1 is 1.29 bits per heavy atom. The van der Waals surface area contributed by atoms with E-state index < -0.39 is 0 Å². The van der Waals surface area contributed by atoms with Gasteiger partial charge in [0.2, 0.25) is 5.91 Å². The van der Waals surface area contributed by atoms with Crippen LogP contribution in [0.25, 0.3) is 0 Å². The topological polar surface area (TPSA) is 61.4 Å². The summed E-state index contributed by atoms with van der Waals surface area (Å²) in [6, 6.07) is 0. The maximum absolute atomic E-state index is 11.2. The summed E-state index contributed by atoms with van der Waals surface area (Å²) in [6.45, 7) is 7.73. The quantitative estimate of drug-likeness (QED) is 0.514. The molecule has 1 amide bonds. The Hall–Kier alpha value is -0.610. The minimum atomic E-state index is -0.353. The molecule has 84 valence electrons. The Bertz CT molecular complexity index is 158. The van der Waals surface area contributed by atoms with E-state index >= 15 is 0 Å². The summed E-state index contributed by atoms with van der Waals surface area (Å²) >= 11 is 0. The van der Waals surface area contributed by atoms with Crippen LogP contribution in [-0.2, 0) is 4.79 Å². The second kappa shape index (κ2) is 7.76. The zero-order chi connectivity index (χ0) is 11.0. The van der Waals surface area contributed by atoms with Crippen molar-refractivity contribution in [2.24, 2.45) is 5.92 Å². The highest BCUT2D eigenvalue weighted by Crippen LogP contribution is 1.88. The second-order valence-electron chi connectivity index (χ2n) is 4.00. The van der Waals surface area contributed by atoms with Crippen molar-refractivity contribution in [2.75, 3.05) is 19.6 Å². The number of carbonyl (C=O) groups excluding carboxylic acids is 1. The van der Waals surface area contributed by atoms with Crippen molar-refractivity contribution in [1.82, 2.24) is 10.6 Å². The van der Waals surface area contributed by atoms with E-state index in [1.807, 2.05) is 0 Å². The molecular formula is C10H22N2O2. The van der Waals surface area contributed by atoms with E-state index in [9.17, 15) is 4.79 Å². The van der Waals surface area contributed by atoms with Gasteiger partial charge in [0.15, 0.2) is 0 Å². The predicted molar refractivity (Wildman–Crippen MR) is 57.0 cm³/mol. The monoisotopic (exact) mass is 202 g/mol. The van der Waals surface area contributed by atoms with Gasteiger partial charge in [-0.1, -0.05) is 13.8 Å². The van der Waals surface area contributed by atoms with E-state index in [1.54, 1.807) is 6.92 Å². The number of rotatable bonds is 7. The lowest BCUT2D eigenvalue weighted by atomic mass is 10.2. The SMILES string of the molecule is CC(C)CNC(=O)CCNC[C@@H](C)O. The normalized spacial score (nSPS) is 12.9. The fraction of sp³-hybridized carbons (Fsp3) is 0.900. The van der Waals surface area contributed by atoms with Crippen molar-refractivity contribution < 1.29 is 9.90 Å². The summed E-state index contributed by atoms with van der Waals surface area (Å²) in [5.41, 5.74) is 0. The second-order valence-corrected chi connectivity index (χ2v) is 4.00. The average Bonchev–Trinajstić information content (AvgIpc) is 2.08. The molecule has 0 aromatic carbocycles. The molecule has 0 saturated carbocycles. The van der Waals surface area contributed by atoms with Gasteiger partial charge in [-0.2, -0.15) is 0 Å². The minimum absolute atomic E-state index is 0.0665. The Balaban J connectivity index is 3.27. The van der Waals surface area contributed by atoms with E-state index in [1.165, 1.54) is 0 Å². The third-order valence-electron chi connectivity index (χ3n) is 1.68. The van der Waals surface area contributed by atoms with Crippen molar-refractivity contribution in [3.8, 4) is 0 Å². The third kappa shape index (κ3) is 9.48. The van der Waals surface area contributed by atoms with Gasteiger partial charge in [0.05, 0.1) is 6.10 Å². The molecule has 0 rings (SSSR count). The zero-order valence-electron chi connectivity index (χ0n) is 9.34. The van der Waals surface area contributed by atoms with Gasteiger partial charge in [-0.15, -0.1) is 0 Å². The van der Waals surface area contributed by atoms with Crippen LogP contribution in [0.4, 0.5) is 0 Å². The smallest absolute Gasteiger partial charge is 0.221 e. The van der Waals surface area contributed by atoms with E-state index in [0.29, 0.717) is 25.4 Å². The lowest BCUT2D eigenvalue weighted by Gasteiger charge is -2.08. The molecule has 4 heteroatoms. The first-order chi connectivity index (χ1) is 6.52. The maximum atomic E-state index is 11.2. The number of nitrogens with one attached hydrogen (secondary N) is 2. The van der Waals surface area contributed by atoms with E-state index in [2.05, 4.69) is 24.5 Å². The van der Waals surface area contributed by atoms with Crippen molar-refractivity contribution in [3.05, 3.63) is 0 Å². The lowest BCUT2D eigenvalue weighted by Crippen LogP contribution is -2.32. The molecule has 0 aliphatic rings. The third-order valence-corrected chi connectivity index (χ3v) is 1.68. The molecule has 0 aliphatic heterocycles. The van der Waals surface area contributed by atoms with Crippen LogP contribution in [0.15, 0.2) is 0 Å². The largest absolute Gasteiger partial charge is 0.392 e. The van der Waals surface area contributed by atoms with Crippen LogP contribution in [0.1, 0.15) is 27.2 Å². The summed E-state index contributed by atoms with van der Waals surface area (Å²) < 4.78 is 0.